The standard InChI is InChI=1S/C25H25NO5S2/c1-19-9-13-22(14-10-19)32(27,28)26-18-21(24-7-3-4-8-25(24)26)6-5-17-31-33(29,30)23-15-11-20(2)12-16-23/h3-4,7-16,18H,5-6,17H2,1-2H3. The van der Waals surface area contributed by atoms with Crippen molar-refractivity contribution in [2.75, 3.05) is 6.61 Å². The van der Waals surface area contributed by atoms with Crippen LogP contribution >= 0.6 is 0 Å². The highest BCUT2D eigenvalue weighted by molar-refractivity contribution is 7.90. The van der Waals surface area contributed by atoms with Gasteiger partial charge in [0.05, 0.1) is 21.9 Å². The Morgan fingerprint density at radius 2 is 1.33 bits per heavy atom. The smallest absolute Gasteiger partial charge is 0.266 e. The Morgan fingerprint density at radius 1 is 0.758 bits per heavy atom. The summed E-state index contributed by atoms with van der Waals surface area (Å²) in [5, 5.41) is 0.814. The van der Waals surface area contributed by atoms with Crippen molar-refractivity contribution in [2.45, 2.75) is 36.5 Å². The van der Waals surface area contributed by atoms with E-state index in [0.717, 1.165) is 22.1 Å². The van der Waals surface area contributed by atoms with Crippen LogP contribution in [0.15, 0.2) is 88.8 Å². The molecule has 0 atom stereocenters. The van der Waals surface area contributed by atoms with Gasteiger partial charge in [-0.15, -0.1) is 0 Å². The first-order chi connectivity index (χ1) is 15.7. The van der Waals surface area contributed by atoms with Gasteiger partial charge in [0, 0.05) is 11.6 Å². The molecule has 0 N–H and O–H groups in total. The van der Waals surface area contributed by atoms with E-state index in [9.17, 15) is 16.8 Å². The molecule has 0 saturated carbocycles. The van der Waals surface area contributed by atoms with Crippen LogP contribution in [0, 0.1) is 13.8 Å². The maximum atomic E-state index is 13.3. The fourth-order valence-electron chi connectivity index (χ4n) is 3.64. The van der Waals surface area contributed by atoms with E-state index in [-0.39, 0.29) is 16.4 Å². The van der Waals surface area contributed by atoms with Crippen molar-refractivity contribution >= 4 is 31.0 Å². The Labute approximate surface area is 194 Å². The van der Waals surface area contributed by atoms with E-state index in [0.29, 0.717) is 18.4 Å². The summed E-state index contributed by atoms with van der Waals surface area (Å²) in [5.41, 5.74) is 3.34. The number of rotatable bonds is 8. The number of hydrogen-bond acceptors (Lipinski definition) is 5. The molecule has 33 heavy (non-hydrogen) atoms. The van der Waals surface area contributed by atoms with Crippen molar-refractivity contribution in [1.82, 2.24) is 3.97 Å². The molecule has 0 bridgehead atoms. The summed E-state index contributed by atoms with van der Waals surface area (Å²) in [6.07, 6.45) is 2.51. The van der Waals surface area contributed by atoms with Crippen LogP contribution in [0.5, 0.6) is 0 Å². The van der Waals surface area contributed by atoms with Crippen LogP contribution in [0.1, 0.15) is 23.1 Å². The van der Waals surface area contributed by atoms with Gasteiger partial charge in [-0.3, -0.25) is 4.18 Å². The van der Waals surface area contributed by atoms with E-state index in [4.69, 9.17) is 4.18 Å². The molecule has 1 aromatic heterocycles. The van der Waals surface area contributed by atoms with Crippen LogP contribution in [0.3, 0.4) is 0 Å². The van der Waals surface area contributed by atoms with Gasteiger partial charge in [-0.1, -0.05) is 53.6 Å². The van der Waals surface area contributed by atoms with E-state index in [1.807, 2.05) is 26.0 Å². The van der Waals surface area contributed by atoms with Crippen molar-refractivity contribution < 1.29 is 21.0 Å². The molecule has 172 valence electrons. The quantitative estimate of drug-likeness (QED) is 0.265. The largest absolute Gasteiger partial charge is 0.296 e. The highest BCUT2D eigenvalue weighted by Gasteiger charge is 2.21. The fraction of sp³-hybridized carbons (Fsp3) is 0.200. The molecule has 0 aliphatic rings. The first-order valence-corrected chi connectivity index (χ1v) is 13.4. The number of aryl methyl sites for hydroxylation is 3. The van der Waals surface area contributed by atoms with Crippen LogP contribution < -0.4 is 0 Å². The zero-order valence-electron chi connectivity index (χ0n) is 18.4. The Bertz CT molecular complexity index is 1480. The van der Waals surface area contributed by atoms with Crippen molar-refractivity contribution in [2.24, 2.45) is 0 Å². The maximum Gasteiger partial charge on any atom is 0.296 e. The van der Waals surface area contributed by atoms with Gasteiger partial charge >= 0.3 is 0 Å². The summed E-state index contributed by atoms with van der Waals surface area (Å²) in [5.74, 6) is 0. The van der Waals surface area contributed by atoms with Gasteiger partial charge in [-0.05, 0) is 62.6 Å². The Morgan fingerprint density at radius 3 is 1.97 bits per heavy atom. The number of nitrogens with zero attached hydrogens (tertiary/aromatic N) is 1. The zero-order chi connectivity index (χ0) is 23.6. The molecule has 0 amide bonds. The molecular formula is C25H25NO5S2. The van der Waals surface area contributed by atoms with Crippen molar-refractivity contribution in [3.05, 3.63) is 95.7 Å². The monoisotopic (exact) mass is 483 g/mol. The number of para-hydroxylation sites is 1. The summed E-state index contributed by atoms with van der Waals surface area (Å²) >= 11 is 0. The van der Waals surface area contributed by atoms with Crippen LogP contribution in [-0.4, -0.2) is 27.4 Å². The van der Waals surface area contributed by atoms with E-state index in [1.165, 1.54) is 16.1 Å². The number of aromatic nitrogens is 1. The molecule has 8 heteroatoms. The molecule has 0 aliphatic carbocycles. The maximum absolute atomic E-state index is 13.3. The lowest BCUT2D eigenvalue weighted by Crippen LogP contribution is -2.11. The molecule has 6 nitrogen and oxygen atoms in total. The van der Waals surface area contributed by atoms with Gasteiger partial charge in [-0.25, -0.2) is 12.4 Å². The molecule has 0 aliphatic heterocycles. The molecule has 0 fully saturated rings. The first-order valence-electron chi connectivity index (χ1n) is 10.6. The van der Waals surface area contributed by atoms with Crippen molar-refractivity contribution in [3.8, 4) is 0 Å². The SMILES string of the molecule is Cc1ccc(S(=O)(=O)OCCCc2cn(S(=O)(=O)c3ccc(C)cc3)c3ccccc23)cc1. The second kappa shape index (κ2) is 9.13. The second-order valence-electron chi connectivity index (χ2n) is 7.98. The second-order valence-corrected chi connectivity index (χ2v) is 11.4. The molecule has 0 radical (unpaired) electrons. The van der Waals surface area contributed by atoms with Gasteiger partial charge in [0.15, 0.2) is 0 Å². The molecule has 1 heterocycles. The third-order valence-electron chi connectivity index (χ3n) is 5.48. The number of hydrogen-bond donors (Lipinski definition) is 0. The van der Waals surface area contributed by atoms with Crippen LogP contribution in [0.25, 0.3) is 10.9 Å². The average Bonchev–Trinajstić information content (AvgIpc) is 3.17. The van der Waals surface area contributed by atoms with E-state index in [1.54, 1.807) is 54.7 Å². The predicted octanol–water partition coefficient (Wildman–Crippen LogP) is 4.83. The third-order valence-corrected chi connectivity index (χ3v) is 8.49. The predicted molar refractivity (Wildman–Crippen MR) is 128 cm³/mol. The van der Waals surface area contributed by atoms with Gasteiger partial charge < -0.3 is 0 Å². The lowest BCUT2D eigenvalue weighted by molar-refractivity contribution is 0.312. The Balaban J connectivity index is 1.53. The summed E-state index contributed by atoms with van der Waals surface area (Å²) < 4.78 is 57.8. The number of fused-ring (bicyclic) bond motifs is 1. The van der Waals surface area contributed by atoms with Crippen LogP contribution in [-0.2, 0) is 30.7 Å². The highest BCUT2D eigenvalue weighted by atomic mass is 32.2. The number of benzene rings is 3. The lowest BCUT2D eigenvalue weighted by atomic mass is 10.1. The van der Waals surface area contributed by atoms with Crippen molar-refractivity contribution in [3.63, 3.8) is 0 Å². The lowest BCUT2D eigenvalue weighted by Gasteiger charge is -2.07. The fourth-order valence-corrected chi connectivity index (χ4v) is 5.98. The molecular weight excluding hydrogens is 458 g/mol. The molecule has 4 aromatic rings. The normalized spacial score (nSPS) is 12.3. The topological polar surface area (TPSA) is 82.4 Å². The Hall–Kier alpha value is -2.94. The van der Waals surface area contributed by atoms with Gasteiger partial charge in [0.2, 0.25) is 0 Å². The van der Waals surface area contributed by atoms with E-state index in [2.05, 4.69) is 0 Å². The van der Waals surface area contributed by atoms with Gasteiger partial charge in [0.25, 0.3) is 20.1 Å². The van der Waals surface area contributed by atoms with E-state index >= 15 is 0 Å². The summed E-state index contributed by atoms with van der Waals surface area (Å²) in [6, 6.07) is 20.5. The van der Waals surface area contributed by atoms with Crippen LogP contribution in [0.2, 0.25) is 0 Å². The minimum absolute atomic E-state index is 0.000425. The first kappa shape index (κ1) is 23.2. The van der Waals surface area contributed by atoms with E-state index < -0.39 is 20.1 Å². The minimum Gasteiger partial charge on any atom is -0.266 e. The van der Waals surface area contributed by atoms with Gasteiger partial charge in [0.1, 0.15) is 0 Å². The third kappa shape index (κ3) is 4.88. The minimum atomic E-state index is -3.83. The molecule has 0 unspecified atom stereocenters. The van der Waals surface area contributed by atoms with Crippen molar-refractivity contribution in [1.29, 1.82) is 0 Å². The molecule has 0 saturated heterocycles. The molecule has 0 spiro atoms. The Kier molecular flexibility index (Phi) is 6.43. The average molecular weight is 484 g/mol. The van der Waals surface area contributed by atoms with Crippen LogP contribution in [0.4, 0.5) is 0 Å². The summed E-state index contributed by atoms with van der Waals surface area (Å²) in [4.78, 5) is 0.335. The summed E-state index contributed by atoms with van der Waals surface area (Å²) in [6.45, 7) is 3.79. The molecule has 4 rings (SSSR count). The molecule has 3 aromatic carbocycles. The zero-order valence-corrected chi connectivity index (χ0v) is 20.1. The summed E-state index contributed by atoms with van der Waals surface area (Å²) in [7, 11) is -7.60. The van der Waals surface area contributed by atoms with Gasteiger partial charge in [-0.2, -0.15) is 8.42 Å². The highest BCUT2D eigenvalue weighted by Crippen LogP contribution is 2.27.